The highest BCUT2D eigenvalue weighted by atomic mass is 19.1. The number of aromatic nitrogens is 4. The van der Waals surface area contributed by atoms with Crippen LogP contribution in [0.4, 0.5) is 14.6 Å². The zero-order valence-corrected chi connectivity index (χ0v) is 20.1. The van der Waals surface area contributed by atoms with Crippen LogP contribution in [0.15, 0.2) is 30.6 Å². The number of rotatable bonds is 7. The molecule has 2 aliphatic heterocycles. The number of hydrogen-bond acceptors (Lipinski definition) is 8. The molecule has 2 saturated carbocycles. The topological polar surface area (TPSA) is 128 Å². The van der Waals surface area contributed by atoms with E-state index >= 15 is 4.39 Å². The molecule has 11 heteroatoms. The summed E-state index contributed by atoms with van der Waals surface area (Å²) in [6.45, 7) is 1.26. The first-order chi connectivity index (χ1) is 17.9. The maximum Gasteiger partial charge on any atom is 0.256 e. The summed E-state index contributed by atoms with van der Waals surface area (Å²) in [5.74, 6) is -1.88. The van der Waals surface area contributed by atoms with Gasteiger partial charge in [0.25, 0.3) is 11.9 Å². The molecule has 4 aliphatic rings. The molecular weight excluding hydrogens is 480 g/mol. The van der Waals surface area contributed by atoms with E-state index in [4.69, 9.17) is 10.5 Å². The van der Waals surface area contributed by atoms with Gasteiger partial charge in [0, 0.05) is 30.4 Å². The number of carbonyl (C=O) groups is 1. The van der Waals surface area contributed by atoms with Gasteiger partial charge in [-0.3, -0.25) is 4.79 Å². The number of nitrogen functional groups attached to an aromatic ring is 1. The molecule has 3 aromatic heterocycles. The zero-order chi connectivity index (χ0) is 25.6. The minimum Gasteiger partial charge on any atom is -0.477 e. The molecule has 1 amide bonds. The van der Waals surface area contributed by atoms with Crippen LogP contribution in [-0.4, -0.2) is 50.6 Å². The predicted octanol–water partition coefficient (Wildman–Crippen LogP) is 3.26. The fraction of sp³-hybridized carbons (Fsp3) is 0.423. The number of nitrogens with zero attached hydrogens (tertiary/aromatic N) is 4. The number of piperidine rings is 2. The molecule has 9 nitrogen and oxygen atoms in total. The van der Waals surface area contributed by atoms with Crippen molar-refractivity contribution in [2.24, 2.45) is 5.92 Å². The summed E-state index contributed by atoms with van der Waals surface area (Å²) in [5.41, 5.74) is 5.15. The van der Waals surface area contributed by atoms with Crippen LogP contribution in [0.1, 0.15) is 48.9 Å². The minimum atomic E-state index is -1.04. The summed E-state index contributed by atoms with van der Waals surface area (Å²) in [6, 6.07) is 5.30. The fourth-order valence-electron chi connectivity index (χ4n) is 4.98. The Morgan fingerprint density at radius 1 is 1.11 bits per heavy atom. The molecule has 0 unspecified atom stereocenters. The van der Waals surface area contributed by atoms with Crippen LogP contribution in [-0.2, 0) is 0 Å². The fourth-order valence-corrected chi connectivity index (χ4v) is 4.98. The lowest BCUT2D eigenvalue weighted by Gasteiger charge is -2.47. The third-order valence-electron chi connectivity index (χ3n) is 7.45. The lowest BCUT2D eigenvalue weighted by molar-refractivity contribution is 0.0784. The second-order valence-electron chi connectivity index (χ2n) is 10.2. The molecule has 4 fully saturated rings. The van der Waals surface area contributed by atoms with Gasteiger partial charge in [0.2, 0.25) is 5.88 Å². The number of amides is 1. The zero-order valence-electron chi connectivity index (χ0n) is 20.1. The van der Waals surface area contributed by atoms with Gasteiger partial charge in [-0.15, -0.1) is 0 Å². The van der Waals surface area contributed by atoms with E-state index < -0.39 is 29.0 Å². The number of nitrogens with two attached hydrogens (primary N) is 1. The van der Waals surface area contributed by atoms with Crippen molar-refractivity contribution in [2.45, 2.75) is 50.1 Å². The monoisotopic (exact) mass is 507 g/mol. The Bertz CT molecular complexity index is 1330. The van der Waals surface area contributed by atoms with Crippen molar-refractivity contribution in [2.75, 3.05) is 18.9 Å². The van der Waals surface area contributed by atoms with Gasteiger partial charge < -0.3 is 21.1 Å². The van der Waals surface area contributed by atoms with Crippen LogP contribution in [0.2, 0.25) is 0 Å². The van der Waals surface area contributed by atoms with Gasteiger partial charge in [0.1, 0.15) is 11.4 Å². The second kappa shape index (κ2) is 9.29. The molecule has 0 aromatic carbocycles. The normalized spacial score (nSPS) is 22.6. The molecule has 4 N–H and O–H groups in total. The summed E-state index contributed by atoms with van der Waals surface area (Å²) in [4.78, 5) is 29.6. The molecule has 2 aliphatic carbocycles. The third kappa shape index (κ3) is 4.83. The Hall–Kier alpha value is -3.73. The van der Waals surface area contributed by atoms with Crippen LogP contribution in [0.3, 0.4) is 0 Å². The van der Waals surface area contributed by atoms with E-state index in [9.17, 15) is 9.18 Å². The molecule has 3 aromatic rings. The minimum absolute atomic E-state index is 0.171. The summed E-state index contributed by atoms with van der Waals surface area (Å²) < 4.78 is 35.6. The Kier molecular flexibility index (Phi) is 5.94. The Balaban J connectivity index is 1.36. The number of nitrogens with one attached hydrogen (secondary N) is 2. The molecule has 0 atom stereocenters. The van der Waals surface area contributed by atoms with Crippen molar-refractivity contribution in [3.05, 3.63) is 47.9 Å². The van der Waals surface area contributed by atoms with E-state index in [1.807, 2.05) is 0 Å². The highest BCUT2D eigenvalue weighted by Crippen LogP contribution is 2.34. The number of carbonyl (C=O) groups excluding carboxylic acids is 1. The first-order valence-corrected chi connectivity index (χ1v) is 12.5. The van der Waals surface area contributed by atoms with Crippen molar-refractivity contribution in [3.8, 4) is 28.5 Å². The Morgan fingerprint density at radius 3 is 2.57 bits per heavy atom. The van der Waals surface area contributed by atoms with Gasteiger partial charge in [0.05, 0.1) is 29.6 Å². The van der Waals surface area contributed by atoms with Gasteiger partial charge in [-0.1, -0.05) is 0 Å². The highest BCUT2D eigenvalue weighted by molar-refractivity contribution is 5.97. The van der Waals surface area contributed by atoms with Crippen molar-refractivity contribution >= 4 is 11.7 Å². The van der Waals surface area contributed by atoms with E-state index in [0.717, 1.165) is 44.7 Å². The van der Waals surface area contributed by atoms with Crippen molar-refractivity contribution in [1.82, 2.24) is 30.6 Å². The largest absolute Gasteiger partial charge is 0.477 e. The second-order valence-corrected chi connectivity index (χ2v) is 10.2. The molecule has 0 radical (unpaired) electrons. The number of pyridine rings is 2. The van der Waals surface area contributed by atoms with Crippen LogP contribution in [0.5, 0.6) is 5.88 Å². The van der Waals surface area contributed by atoms with E-state index in [0.29, 0.717) is 36.6 Å². The number of hydrogen-bond donors (Lipinski definition) is 3. The molecule has 2 bridgehead atoms. The number of ether oxygens (including phenoxy) is 1. The summed E-state index contributed by atoms with van der Waals surface area (Å²) in [7, 11) is 0. The lowest BCUT2D eigenvalue weighted by Crippen LogP contribution is -2.64. The van der Waals surface area contributed by atoms with Crippen LogP contribution >= 0.6 is 0 Å². The number of anilines is 1. The van der Waals surface area contributed by atoms with Crippen LogP contribution in [0.25, 0.3) is 22.6 Å². The van der Waals surface area contributed by atoms with Crippen molar-refractivity contribution < 1.29 is 18.3 Å². The smallest absolute Gasteiger partial charge is 0.256 e. The van der Waals surface area contributed by atoms with Crippen molar-refractivity contribution in [3.63, 3.8) is 0 Å². The molecule has 2 saturated heterocycles. The van der Waals surface area contributed by atoms with E-state index in [1.54, 1.807) is 18.3 Å². The van der Waals surface area contributed by atoms with Gasteiger partial charge in [-0.25, -0.2) is 24.3 Å². The average molecular weight is 508 g/mol. The van der Waals surface area contributed by atoms with Gasteiger partial charge >= 0.3 is 0 Å². The molecule has 0 spiro atoms. The molecular formula is C26H27F2N7O2. The van der Waals surface area contributed by atoms with Crippen molar-refractivity contribution in [1.29, 1.82) is 0 Å². The van der Waals surface area contributed by atoms with Gasteiger partial charge in [-0.2, -0.15) is 4.39 Å². The molecule has 7 rings (SSSR count). The quantitative estimate of drug-likeness (QED) is 0.445. The van der Waals surface area contributed by atoms with E-state index in [2.05, 4.69) is 30.6 Å². The number of fused-ring (bicyclic) bond motifs is 3. The lowest BCUT2D eigenvalue weighted by atomic mass is 9.75. The van der Waals surface area contributed by atoms with Gasteiger partial charge in [-0.05, 0) is 56.6 Å². The average Bonchev–Trinajstić information content (AvgIpc) is 3.75. The molecule has 192 valence electrons. The maximum absolute atomic E-state index is 15.8. The Morgan fingerprint density at radius 2 is 1.92 bits per heavy atom. The number of halogens is 2. The maximum atomic E-state index is 15.8. The summed E-state index contributed by atoms with van der Waals surface area (Å²) >= 11 is 0. The summed E-state index contributed by atoms with van der Waals surface area (Å²) in [5, 5.41) is 6.49. The Labute approximate surface area is 212 Å². The van der Waals surface area contributed by atoms with E-state index in [1.165, 1.54) is 6.07 Å². The first kappa shape index (κ1) is 23.7. The van der Waals surface area contributed by atoms with Gasteiger partial charge in [0.15, 0.2) is 11.6 Å². The molecule has 37 heavy (non-hydrogen) atoms. The summed E-state index contributed by atoms with van der Waals surface area (Å²) in [6.07, 6.45) is 8.57. The standard InChI is InChI=1S/C26H27F2N7O2/c27-21-17(25(36)35-26-7-5-16(6-8-26)32-13-26)9-18(33-22(21)19-11-31-24(29)23(28)34-19)15-3-4-20(30-10-15)37-12-14-1-2-14/h3-4,9-11,14,16,32H,1-2,5-8,12-13H2,(H2,29,31)(H,35,36). The molecule has 5 heterocycles. The third-order valence-corrected chi connectivity index (χ3v) is 7.45. The highest BCUT2D eigenvalue weighted by Gasteiger charge is 2.41. The van der Waals surface area contributed by atoms with Crippen LogP contribution in [0, 0.1) is 17.7 Å². The first-order valence-electron chi connectivity index (χ1n) is 12.5. The van der Waals surface area contributed by atoms with Crippen LogP contribution < -0.4 is 21.1 Å². The predicted molar refractivity (Wildman–Crippen MR) is 131 cm³/mol. The van der Waals surface area contributed by atoms with E-state index in [-0.39, 0.29) is 22.6 Å². The SMILES string of the molecule is Nc1ncc(-c2nc(-c3ccc(OCC4CC4)nc3)cc(C(=O)NC34CCC(CC3)NC4)c2F)nc1F.